The van der Waals surface area contributed by atoms with Crippen molar-refractivity contribution < 1.29 is 13.2 Å². The molecule has 1 aromatic rings. The maximum absolute atomic E-state index is 12.0. The van der Waals surface area contributed by atoms with Gasteiger partial charge < -0.3 is 5.32 Å². The summed E-state index contributed by atoms with van der Waals surface area (Å²) in [6, 6.07) is 5.86. The molecule has 0 aliphatic carbocycles. The van der Waals surface area contributed by atoms with E-state index in [9.17, 15) is 13.2 Å². The van der Waals surface area contributed by atoms with E-state index in [1.165, 1.54) is 24.3 Å². The molecule has 0 radical (unpaired) electrons. The number of carbonyl (C=O) groups excluding carboxylic acids is 1. The van der Waals surface area contributed by atoms with Crippen LogP contribution in [0.25, 0.3) is 0 Å². The van der Waals surface area contributed by atoms with Gasteiger partial charge in [0.25, 0.3) is 5.91 Å². The van der Waals surface area contributed by atoms with Crippen molar-refractivity contribution in [2.45, 2.75) is 38.1 Å². The zero-order valence-corrected chi connectivity index (χ0v) is 12.5. The van der Waals surface area contributed by atoms with E-state index in [-0.39, 0.29) is 10.8 Å². The molecule has 0 spiro atoms. The third-order valence-corrected chi connectivity index (χ3v) is 3.98. The first-order valence-corrected chi connectivity index (χ1v) is 7.56. The average Bonchev–Trinajstić information content (AvgIpc) is 2.26. The maximum Gasteiger partial charge on any atom is 0.251 e. The first kappa shape index (κ1) is 15.7. The van der Waals surface area contributed by atoms with Crippen molar-refractivity contribution in [2.75, 3.05) is 6.54 Å². The third-order valence-electron chi connectivity index (χ3n) is 2.20. The summed E-state index contributed by atoms with van der Waals surface area (Å²) in [6.45, 7) is 7.67. The number of nitrogens with one attached hydrogen (secondary N) is 2. The SMILES string of the molecule is CCNC(=O)c1ccc(S(=O)(=O)NC(C)(C)C)cc1. The number of rotatable bonds is 4. The van der Waals surface area contributed by atoms with E-state index in [1.807, 2.05) is 6.92 Å². The molecule has 1 rings (SSSR count). The standard InChI is InChI=1S/C13H20N2O3S/c1-5-14-12(16)10-6-8-11(9-7-10)19(17,18)15-13(2,3)4/h6-9,15H,5H2,1-4H3,(H,14,16). The lowest BCUT2D eigenvalue weighted by atomic mass is 10.1. The summed E-state index contributed by atoms with van der Waals surface area (Å²) < 4.78 is 26.6. The number of amides is 1. The average molecular weight is 284 g/mol. The lowest BCUT2D eigenvalue weighted by Crippen LogP contribution is -2.40. The van der Waals surface area contributed by atoms with Gasteiger partial charge in [-0.1, -0.05) is 0 Å². The quantitative estimate of drug-likeness (QED) is 0.880. The van der Waals surface area contributed by atoms with Gasteiger partial charge in [-0.25, -0.2) is 13.1 Å². The van der Waals surface area contributed by atoms with Crippen molar-refractivity contribution in [1.82, 2.24) is 10.0 Å². The molecule has 5 nitrogen and oxygen atoms in total. The molecule has 6 heteroatoms. The third kappa shape index (κ3) is 4.65. The first-order chi connectivity index (χ1) is 8.65. The number of hydrogen-bond donors (Lipinski definition) is 2. The van der Waals surface area contributed by atoms with Crippen molar-refractivity contribution in [3.05, 3.63) is 29.8 Å². The lowest BCUT2D eigenvalue weighted by Gasteiger charge is -2.20. The molecule has 1 amide bonds. The molecule has 106 valence electrons. The number of hydrogen-bond acceptors (Lipinski definition) is 3. The summed E-state index contributed by atoms with van der Waals surface area (Å²) in [7, 11) is -3.55. The van der Waals surface area contributed by atoms with E-state index in [1.54, 1.807) is 20.8 Å². The lowest BCUT2D eigenvalue weighted by molar-refractivity contribution is 0.0955. The Bertz CT molecular complexity index is 542. The van der Waals surface area contributed by atoms with Gasteiger partial charge in [-0.2, -0.15) is 0 Å². The second-order valence-corrected chi connectivity index (χ2v) is 6.92. The minimum atomic E-state index is -3.55. The highest BCUT2D eigenvalue weighted by atomic mass is 32.2. The molecule has 0 aliphatic heterocycles. The topological polar surface area (TPSA) is 75.3 Å². The van der Waals surface area contributed by atoms with E-state index in [0.29, 0.717) is 12.1 Å². The van der Waals surface area contributed by atoms with E-state index in [4.69, 9.17) is 0 Å². The van der Waals surface area contributed by atoms with Crippen LogP contribution >= 0.6 is 0 Å². The van der Waals surface area contributed by atoms with Gasteiger partial charge in [0.1, 0.15) is 0 Å². The Morgan fingerprint density at radius 1 is 1.16 bits per heavy atom. The normalized spacial score (nSPS) is 12.2. The molecule has 0 bridgehead atoms. The van der Waals surface area contributed by atoms with Gasteiger partial charge in [0.2, 0.25) is 10.0 Å². The van der Waals surface area contributed by atoms with E-state index in [2.05, 4.69) is 10.0 Å². The Morgan fingerprint density at radius 2 is 1.68 bits per heavy atom. The second kappa shape index (κ2) is 5.71. The van der Waals surface area contributed by atoms with Crippen LogP contribution in [0.15, 0.2) is 29.2 Å². The Balaban J connectivity index is 2.96. The predicted octanol–water partition coefficient (Wildman–Crippen LogP) is 1.51. The predicted molar refractivity (Wildman–Crippen MR) is 74.5 cm³/mol. The van der Waals surface area contributed by atoms with Crippen molar-refractivity contribution in [2.24, 2.45) is 0 Å². The smallest absolute Gasteiger partial charge is 0.251 e. The Hall–Kier alpha value is -1.40. The van der Waals surface area contributed by atoms with Crippen LogP contribution < -0.4 is 10.0 Å². The van der Waals surface area contributed by atoms with Crippen LogP contribution in [0.3, 0.4) is 0 Å². The first-order valence-electron chi connectivity index (χ1n) is 6.08. The summed E-state index contributed by atoms with van der Waals surface area (Å²) in [5.74, 6) is -0.213. The Labute approximate surface area is 114 Å². The Morgan fingerprint density at radius 3 is 2.11 bits per heavy atom. The van der Waals surface area contributed by atoms with Gasteiger partial charge in [-0.05, 0) is 52.0 Å². The van der Waals surface area contributed by atoms with Crippen LogP contribution in [0.2, 0.25) is 0 Å². The van der Waals surface area contributed by atoms with Gasteiger partial charge >= 0.3 is 0 Å². The van der Waals surface area contributed by atoms with E-state index >= 15 is 0 Å². The highest BCUT2D eigenvalue weighted by Crippen LogP contribution is 2.13. The van der Waals surface area contributed by atoms with Crippen LogP contribution in [-0.4, -0.2) is 26.4 Å². The van der Waals surface area contributed by atoms with Crippen molar-refractivity contribution in [1.29, 1.82) is 0 Å². The van der Waals surface area contributed by atoms with Crippen molar-refractivity contribution >= 4 is 15.9 Å². The minimum Gasteiger partial charge on any atom is -0.352 e. The molecule has 0 aliphatic rings. The van der Waals surface area contributed by atoms with Gasteiger partial charge in [0.15, 0.2) is 0 Å². The van der Waals surface area contributed by atoms with E-state index in [0.717, 1.165) is 0 Å². The molecule has 0 fully saturated rings. The van der Waals surface area contributed by atoms with Crippen LogP contribution in [0, 0.1) is 0 Å². The Kier molecular flexibility index (Phi) is 4.70. The van der Waals surface area contributed by atoms with Gasteiger partial charge in [-0.3, -0.25) is 4.79 Å². The number of carbonyl (C=O) groups is 1. The molecule has 0 saturated carbocycles. The van der Waals surface area contributed by atoms with Crippen molar-refractivity contribution in [3.8, 4) is 0 Å². The zero-order chi connectivity index (χ0) is 14.7. The molecular formula is C13H20N2O3S. The fourth-order valence-electron chi connectivity index (χ4n) is 1.51. The molecule has 0 saturated heterocycles. The molecule has 19 heavy (non-hydrogen) atoms. The highest BCUT2D eigenvalue weighted by molar-refractivity contribution is 7.89. The van der Waals surface area contributed by atoms with Crippen LogP contribution in [0.4, 0.5) is 0 Å². The molecule has 2 N–H and O–H groups in total. The highest BCUT2D eigenvalue weighted by Gasteiger charge is 2.21. The molecule has 0 heterocycles. The van der Waals surface area contributed by atoms with Crippen LogP contribution in [0.1, 0.15) is 38.1 Å². The van der Waals surface area contributed by atoms with Crippen molar-refractivity contribution in [3.63, 3.8) is 0 Å². The van der Waals surface area contributed by atoms with Crippen LogP contribution in [-0.2, 0) is 10.0 Å². The minimum absolute atomic E-state index is 0.149. The van der Waals surface area contributed by atoms with Gasteiger partial charge in [0, 0.05) is 17.6 Å². The van der Waals surface area contributed by atoms with Gasteiger partial charge in [0.05, 0.1) is 4.90 Å². The monoisotopic (exact) mass is 284 g/mol. The fourth-order valence-corrected chi connectivity index (χ4v) is 2.93. The molecule has 1 aromatic carbocycles. The molecule has 0 atom stereocenters. The second-order valence-electron chi connectivity index (χ2n) is 5.24. The van der Waals surface area contributed by atoms with E-state index < -0.39 is 15.6 Å². The molecule has 0 unspecified atom stereocenters. The maximum atomic E-state index is 12.0. The summed E-state index contributed by atoms with van der Waals surface area (Å²) >= 11 is 0. The largest absolute Gasteiger partial charge is 0.352 e. The summed E-state index contributed by atoms with van der Waals surface area (Å²) in [5.41, 5.74) is -0.103. The summed E-state index contributed by atoms with van der Waals surface area (Å²) in [5, 5.41) is 2.65. The van der Waals surface area contributed by atoms with Crippen LogP contribution in [0.5, 0.6) is 0 Å². The summed E-state index contributed by atoms with van der Waals surface area (Å²) in [4.78, 5) is 11.7. The number of sulfonamides is 1. The molecule has 0 aromatic heterocycles. The number of benzene rings is 1. The molecular weight excluding hydrogens is 264 g/mol. The zero-order valence-electron chi connectivity index (χ0n) is 11.6. The summed E-state index contributed by atoms with van der Waals surface area (Å²) in [6.07, 6.45) is 0. The van der Waals surface area contributed by atoms with Gasteiger partial charge in [-0.15, -0.1) is 0 Å². The fraction of sp³-hybridized carbons (Fsp3) is 0.462.